The van der Waals surface area contributed by atoms with Gasteiger partial charge in [-0.1, -0.05) is 37.3 Å². The number of fused-ring (bicyclic) bond motifs is 1. The summed E-state index contributed by atoms with van der Waals surface area (Å²) in [7, 11) is -6.97. The Hall–Kier alpha value is -2.19. The molecule has 0 aromatic heterocycles. The van der Waals surface area contributed by atoms with Crippen LogP contribution in [-0.2, 0) is 19.7 Å². The summed E-state index contributed by atoms with van der Waals surface area (Å²) in [6.45, 7) is 1.77. The second-order valence-corrected chi connectivity index (χ2v) is 11.0. The minimum absolute atomic E-state index is 0.00359. The van der Waals surface area contributed by atoms with Gasteiger partial charge in [-0.2, -0.15) is 0 Å². The van der Waals surface area contributed by atoms with Crippen molar-refractivity contribution in [2.24, 2.45) is 0 Å². The molecule has 1 amide bonds. The molecular formula is C20H23NO5S2. The molecule has 0 radical (unpaired) electrons. The molecule has 28 heavy (non-hydrogen) atoms. The second-order valence-electron chi connectivity index (χ2n) is 6.84. The molecule has 0 bridgehead atoms. The number of benzene rings is 2. The molecule has 1 atom stereocenters. The molecule has 0 saturated carbocycles. The lowest BCUT2D eigenvalue weighted by Gasteiger charge is -2.20. The number of rotatable bonds is 5. The van der Waals surface area contributed by atoms with Crippen molar-refractivity contribution in [3.63, 3.8) is 0 Å². The molecule has 150 valence electrons. The SMILES string of the molecule is CCCS(=O)(=O)c1ccccc1C(=O)NC1CCCS(=O)(=O)c2ccccc21. The highest BCUT2D eigenvalue weighted by molar-refractivity contribution is 7.91. The average molecular weight is 422 g/mol. The maximum absolute atomic E-state index is 12.9. The van der Waals surface area contributed by atoms with Crippen LogP contribution >= 0.6 is 0 Å². The molecule has 0 saturated heterocycles. The third-order valence-corrected chi connectivity index (χ3v) is 8.62. The molecule has 0 aliphatic carbocycles. The fourth-order valence-corrected chi connectivity index (χ4v) is 6.65. The van der Waals surface area contributed by atoms with Gasteiger partial charge in [0.2, 0.25) is 0 Å². The first-order valence-electron chi connectivity index (χ1n) is 9.20. The van der Waals surface area contributed by atoms with Crippen LogP contribution in [0.15, 0.2) is 58.3 Å². The third-order valence-electron chi connectivity index (χ3n) is 4.78. The summed E-state index contributed by atoms with van der Waals surface area (Å²) in [6.07, 6.45) is 1.33. The van der Waals surface area contributed by atoms with Gasteiger partial charge in [-0.05, 0) is 43.0 Å². The van der Waals surface area contributed by atoms with Gasteiger partial charge in [0.1, 0.15) is 0 Å². The molecule has 2 aromatic carbocycles. The molecule has 3 rings (SSSR count). The van der Waals surface area contributed by atoms with Gasteiger partial charge in [0.15, 0.2) is 19.7 Å². The van der Waals surface area contributed by atoms with Crippen molar-refractivity contribution < 1.29 is 21.6 Å². The molecule has 6 nitrogen and oxygen atoms in total. The monoisotopic (exact) mass is 421 g/mol. The van der Waals surface area contributed by atoms with Crippen LogP contribution in [0.2, 0.25) is 0 Å². The molecule has 0 fully saturated rings. The van der Waals surface area contributed by atoms with Crippen molar-refractivity contribution in [3.8, 4) is 0 Å². The van der Waals surface area contributed by atoms with Crippen LogP contribution in [0.1, 0.15) is 48.1 Å². The minimum atomic E-state index is -3.57. The molecule has 1 N–H and O–H groups in total. The fraction of sp³-hybridized carbons (Fsp3) is 0.350. The Morgan fingerprint density at radius 1 is 1.11 bits per heavy atom. The van der Waals surface area contributed by atoms with Gasteiger partial charge in [-0.15, -0.1) is 0 Å². The Balaban J connectivity index is 1.97. The average Bonchev–Trinajstić information content (AvgIpc) is 2.78. The first-order chi connectivity index (χ1) is 13.3. The highest BCUT2D eigenvalue weighted by Crippen LogP contribution is 2.31. The Kier molecular flexibility index (Phi) is 5.90. The molecule has 1 aliphatic rings. The summed E-state index contributed by atoms with van der Waals surface area (Å²) in [6, 6.07) is 12.3. The number of nitrogens with one attached hydrogen (secondary N) is 1. The molecule has 1 aliphatic heterocycles. The van der Waals surface area contributed by atoms with Crippen LogP contribution in [0.5, 0.6) is 0 Å². The summed E-state index contributed by atoms with van der Waals surface area (Å²) in [5, 5.41) is 2.86. The van der Waals surface area contributed by atoms with Crippen molar-refractivity contribution >= 4 is 25.6 Å². The Bertz CT molecular complexity index is 1090. The van der Waals surface area contributed by atoms with E-state index in [1.165, 1.54) is 12.1 Å². The lowest BCUT2D eigenvalue weighted by Crippen LogP contribution is -2.30. The summed E-state index contributed by atoms with van der Waals surface area (Å²) >= 11 is 0. The topological polar surface area (TPSA) is 97.4 Å². The molecular weight excluding hydrogens is 398 g/mol. The van der Waals surface area contributed by atoms with Crippen molar-refractivity contribution in [3.05, 3.63) is 59.7 Å². The lowest BCUT2D eigenvalue weighted by atomic mass is 10.0. The van der Waals surface area contributed by atoms with E-state index in [1.807, 2.05) is 0 Å². The van der Waals surface area contributed by atoms with Gasteiger partial charge in [-0.3, -0.25) is 4.79 Å². The van der Waals surface area contributed by atoms with Crippen LogP contribution in [0, 0.1) is 0 Å². The number of sulfone groups is 2. The van der Waals surface area contributed by atoms with Crippen molar-refractivity contribution in [2.45, 2.75) is 42.0 Å². The van der Waals surface area contributed by atoms with Gasteiger partial charge in [-0.25, -0.2) is 16.8 Å². The van der Waals surface area contributed by atoms with E-state index in [0.29, 0.717) is 24.8 Å². The van der Waals surface area contributed by atoms with Crippen molar-refractivity contribution in [2.75, 3.05) is 11.5 Å². The van der Waals surface area contributed by atoms with Crippen LogP contribution in [-0.4, -0.2) is 34.2 Å². The number of carbonyl (C=O) groups excluding carboxylic acids is 1. The number of carbonyl (C=O) groups is 1. The number of hydrogen-bond donors (Lipinski definition) is 1. The lowest BCUT2D eigenvalue weighted by molar-refractivity contribution is 0.0931. The van der Waals surface area contributed by atoms with E-state index in [0.717, 1.165) is 0 Å². The zero-order valence-electron chi connectivity index (χ0n) is 15.6. The highest BCUT2D eigenvalue weighted by atomic mass is 32.2. The van der Waals surface area contributed by atoms with Gasteiger partial charge >= 0.3 is 0 Å². The fourth-order valence-electron chi connectivity index (χ4n) is 3.48. The smallest absolute Gasteiger partial charge is 0.253 e. The Morgan fingerprint density at radius 2 is 1.79 bits per heavy atom. The Labute approximate surface area is 165 Å². The van der Waals surface area contributed by atoms with Crippen LogP contribution < -0.4 is 5.32 Å². The molecule has 1 unspecified atom stereocenters. The molecule has 1 heterocycles. The number of amides is 1. The third kappa shape index (κ3) is 4.12. The van der Waals surface area contributed by atoms with Crippen LogP contribution in [0.25, 0.3) is 0 Å². The first kappa shape index (κ1) is 20.5. The van der Waals surface area contributed by atoms with Crippen LogP contribution in [0.4, 0.5) is 0 Å². The normalized spacial score (nSPS) is 18.7. The maximum Gasteiger partial charge on any atom is 0.253 e. The van der Waals surface area contributed by atoms with Crippen molar-refractivity contribution in [1.29, 1.82) is 0 Å². The minimum Gasteiger partial charge on any atom is -0.345 e. The standard InChI is InChI=1S/C20H23NO5S2/c1-2-13-27(23,24)19-12-6-4-9-16(19)20(22)21-17-10-7-14-28(25,26)18-11-5-3-8-15(17)18/h3-6,8-9,11-12,17H,2,7,10,13-14H2,1H3,(H,21,22). The van der Waals surface area contributed by atoms with E-state index >= 15 is 0 Å². The van der Waals surface area contributed by atoms with E-state index in [1.54, 1.807) is 43.3 Å². The molecule has 0 spiro atoms. The van der Waals surface area contributed by atoms with E-state index in [2.05, 4.69) is 5.32 Å². The molecule has 2 aromatic rings. The van der Waals surface area contributed by atoms with E-state index < -0.39 is 31.6 Å². The summed E-state index contributed by atoms with van der Waals surface area (Å²) < 4.78 is 50.0. The zero-order valence-corrected chi connectivity index (χ0v) is 17.2. The van der Waals surface area contributed by atoms with Gasteiger partial charge in [0.05, 0.1) is 32.9 Å². The maximum atomic E-state index is 12.9. The van der Waals surface area contributed by atoms with E-state index in [-0.39, 0.29) is 26.9 Å². The first-order valence-corrected chi connectivity index (χ1v) is 12.5. The predicted molar refractivity (Wildman–Crippen MR) is 107 cm³/mol. The van der Waals surface area contributed by atoms with Gasteiger partial charge < -0.3 is 5.32 Å². The van der Waals surface area contributed by atoms with Gasteiger partial charge in [0, 0.05) is 0 Å². The predicted octanol–water partition coefficient (Wildman–Crippen LogP) is 2.91. The Morgan fingerprint density at radius 3 is 2.54 bits per heavy atom. The summed E-state index contributed by atoms with van der Waals surface area (Å²) in [4.78, 5) is 13.2. The summed E-state index contributed by atoms with van der Waals surface area (Å²) in [5.74, 6) is -0.533. The van der Waals surface area contributed by atoms with E-state index in [4.69, 9.17) is 0 Å². The summed E-state index contributed by atoms with van der Waals surface area (Å²) in [5.41, 5.74) is 0.628. The largest absolute Gasteiger partial charge is 0.345 e. The van der Waals surface area contributed by atoms with Gasteiger partial charge in [0.25, 0.3) is 5.91 Å². The highest BCUT2D eigenvalue weighted by Gasteiger charge is 2.29. The van der Waals surface area contributed by atoms with Crippen LogP contribution in [0.3, 0.4) is 0 Å². The van der Waals surface area contributed by atoms with Crippen molar-refractivity contribution in [1.82, 2.24) is 5.32 Å². The second kappa shape index (κ2) is 8.05. The zero-order chi connectivity index (χ0) is 20.4. The van der Waals surface area contributed by atoms with E-state index in [9.17, 15) is 21.6 Å². The quantitative estimate of drug-likeness (QED) is 0.801. The number of hydrogen-bond acceptors (Lipinski definition) is 5. The molecule has 8 heteroatoms.